The first-order valence-electron chi connectivity index (χ1n) is 4.24. The molecule has 0 amide bonds. The van der Waals surface area contributed by atoms with E-state index in [9.17, 15) is 5.11 Å². The monoisotopic (exact) mass is 142 g/mol. The summed E-state index contributed by atoms with van der Waals surface area (Å²) in [6.45, 7) is 6.42. The molecule has 0 aliphatic heterocycles. The van der Waals surface area contributed by atoms with Crippen molar-refractivity contribution in [2.75, 3.05) is 0 Å². The number of rotatable bonds is 1. The van der Waals surface area contributed by atoms with Crippen LogP contribution in [-0.4, -0.2) is 10.7 Å². The zero-order valence-corrected chi connectivity index (χ0v) is 7.28. The molecule has 0 heterocycles. The Morgan fingerprint density at radius 1 is 1.30 bits per heavy atom. The number of hydrogen-bond acceptors (Lipinski definition) is 1. The highest BCUT2D eigenvalue weighted by atomic mass is 16.3. The second-order valence-electron chi connectivity index (χ2n) is 4.12. The second-order valence-corrected chi connectivity index (χ2v) is 4.12. The molecule has 1 unspecified atom stereocenters. The molecule has 10 heavy (non-hydrogen) atoms. The molecule has 1 atom stereocenters. The standard InChI is InChI=1S/C9H18O/c1-4-9(10)7-5-6-8(9,2)3/h10H,4-7H2,1-3H3. The van der Waals surface area contributed by atoms with Crippen molar-refractivity contribution in [3.05, 3.63) is 0 Å². The van der Waals surface area contributed by atoms with E-state index < -0.39 is 0 Å². The first-order chi connectivity index (χ1) is 4.52. The zero-order chi connectivity index (χ0) is 7.83. The zero-order valence-electron chi connectivity index (χ0n) is 7.28. The van der Waals surface area contributed by atoms with Crippen LogP contribution in [-0.2, 0) is 0 Å². The summed E-state index contributed by atoms with van der Waals surface area (Å²) < 4.78 is 0. The molecule has 0 aromatic carbocycles. The Bertz CT molecular complexity index is 129. The predicted molar refractivity (Wildman–Crippen MR) is 42.9 cm³/mol. The van der Waals surface area contributed by atoms with E-state index in [1.54, 1.807) is 0 Å². The van der Waals surface area contributed by atoms with Crippen molar-refractivity contribution in [1.29, 1.82) is 0 Å². The Hall–Kier alpha value is -0.0400. The highest BCUT2D eigenvalue weighted by Gasteiger charge is 2.45. The van der Waals surface area contributed by atoms with Crippen molar-refractivity contribution >= 4 is 0 Å². The van der Waals surface area contributed by atoms with Gasteiger partial charge >= 0.3 is 0 Å². The summed E-state index contributed by atoms with van der Waals surface area (Å²) in [6, 6.07) is 0. The maximum atomic E-state index is 10.0. The highest BCUT2D eigenvalue weighted by molar-refractivity contribution is 4.97. The van der Waals surface area contributed by atoms with Gasteiger partial charge < -0.3 is 5.11 Å². The average Bonchev–Trinajstić information content (AvgIpc) is 2.10. The molecule has 1 rings (SSSR count). The lowest BCUT2D eigenvalue weighted by Crippen LogP contribution is -2.38. The average molecular weight is 142 g/mol. The van der Waals surface area contributed by atoms with Crippen LogP contribution in [0.2, 0.25) is 0 Å². The minimum Gasteiger partial charge on any atom is -0.389 e. The van der Waals surface area contributed by atoms with Gasteiger partial charge in [-0.2, -0.15) is 0 Å². The van der Waals surface area contributed by atoms with Crippen molar-refractivity contribution in [2.24, 2.45) is 5.41 Å². The molecule has 1 heteroatoms. The topological polar surface area (TPSA) is 20.2 Å². The van der Waals surface area contributed by atoms with Crippen LogP contribution in [0, 0.1) is 5.41 Å². The van der Waals surface area contributed by atoms with Crippen LogP contribution in [0.4, 0.5) is 0 Å². The van der Waals surface area contributed by atoms with Gasteiger partial charge in [0.1, 0.15) is 0 Å². The van der Waals surface area contributed by atoms with E-state index in [0.29, 0.717) is 0 Å². The molecule has 1 aliphatic rings. The Balaban J connectivity index is 2.76. The second kappa shape index (κ2) is 2.23. The Labute approximate surface area is 63.4 Å². The molecule has 1 N–H and O–H groups in total. The first kappa shape index (κ1) is 8.06. The molecular formula is C9H18O. The molecule has 1 fully saturated rings. The summed E-state index contributed by atoms with van der Waals surface area (Å²) >= 11 is 0. The largest absolute Gasteiger partial charge is 0.389 e. The molecule has 0 radical (unpaired) electrons. The van der Waals surface area contributed by atoms with Gasteiger partial charge in [0.25, 0.3) is 0 Å². The van der Waals surface area contributed by atoms with Gasteiger partial charge in [0.05, 0.1) is 5.60 Å². The lowest BCUT2D eigenvalue weighted by atomic mass is 9.76. The maximum absolute atomic E-state index is 10.0. The quantitative estimate of drug-likeness (QED) is 0.595. The van der Waals surface area contributed by atoms with Crippen LogP contribution < -0.4 is 0 Å². The van der Waals surface area contributed by atoms with Crippen molar-refractivity contribution in [3.63, 3.8) is 0 Å². The van der Waals surface area contributed by atoms with Crippen LogP contribution in [0.25, 0.3) is 0 Å². The van der Waals surface area contributed by atoms with Gasteiger partial charge in [-0.1, -0.05) is 20.8 Å². The summed E-state index contributed by atoms with van der Waals surface area (Å²) in [5.41, 5.74) is -0.214. The SMILES string of the molecule is CCC1(O)CCCC1(C)C. The first-order valence-corrected chi connectivity index (χ1v) is 4.24. The molecule has 1 nitrogen and oxygen atoms in total. The summed E-state index contributed by atoms with van der Waals surface area (Å²) in [7, 11) is 0. The van der Waals surface area contributed by atoms with E-state index in [4.69, 9.17) is 0 Å². The van der Waals surface area contributed by atoms with Crippen molar-refractivity contribution in [3.8, 4) is 0 Å². The highest BCUT2D eigenvalue weighted by Crippen LogP contribution is 2.47. The number of hydrogen-bond donors (Lipinski definition) is 1. The third-order valence-corrected chi connectivity index (χ3v) is 3.24. The van der Waals surface area contributed by atoms with E-state index in [1.165, 1.54) is 12.8 Å². The molecule has 0 saturated heterocycles. The lowest BCUT2D eigenvalue weighted by molar-refractivity contribution is -0.0454. The van der Waals surface area contributed by atoms with Crippen LogP contribution in [0.5, 0.6) is 0 Å². The maximum Gasteiger partial charge on any atom is 0.0695 e. The fraction of sp³-hybridized carbons (Fsp3) is 1.00. The summed E-state index contributed by atoms with van der Waals surface area (Å²) in [6.07, 6.45) is 4.27. The lowest BCUT2D eigenvalue weighted by Gasteiger charge is -2.35. The molecule has 1 saturated carbocycles. The van der Waals surface area contributed by atoms with Gasteiger partial charge in [-0.15, -0.1) is 0 Å². The van der Waals surface area contributed by atoms with Gasteiger partial charge in [-0.05, 0) is 31.1 Å². The van der Waals surface area contributed by atoms with Crippen molar-refractivity contribution in [1.82, 2.24) is 0 Å². The minimum absolute atomic E-state index is 0.155. The van der Waals surface area contributed by atoms with Crippen LogP contribution >= 0.6 is 0 Å². The Morgan fingerprint density at radius 3 is 2.10 bits per heavy atom. The number of aliphatic hydroxyl groups is 1. The van der Waals surface area contributed by atoms with Crippen molar-refractivity contribution in [2.45, 2.75) is 52.1 Å². The fourth-order valence-corrected chi connectivity index (χ4v) is 2.05. The van der Waals surface area contributed by atoms with Gasteiger partial charge in [0.15, 0.2) is 0 Å². The molecule has 0 bridgehead atoms. The van der Waals surface area contributed by atoms with E-state index in [2.05, 4.69) is 20.8 Å². The smallest absolute Gasteiger partial charge is 0.0695 e. The summed E-state index contributed by atoms with van der Waals surface area (Å²) in [5, 5.41) is 10.0. The third kappa shape index (κ3) is 0.968. The fourth-order valence-electron chi connectivity index (χ4n) is 2.05. The van der Waals surface area contributed by atoms with E-state index in [-0.39, 0.29) is 11.0 Å². The normalized spacial score (nSPS) is 38.4. The van der Waals surface area contributed by atoms with Crippen LogP contribution in [0.3, 0.4) is 0 Å². The van der Waals surface area contributed by atoms with Crippen LogP contribution in [0.15, 0.2) is 0 Å². The molecule has 0 aromatic heterocycles. The predicted octanol–water partition coefficient (Wildman–Crippen LogP) is 2.34. The van der Waals surface area contributed by atoms with Gasteiger partial charge in [0, 0.05) is 0 Å². The molecular weight excluding hydrogens is 124 g/mol. The molecule has 0 aromatic rings. The van der Waals surface area contributed by atoms with Crippen LogP contribution in [0.1, 0.15) is 46.5 Å². The molecule has 1 aliphatic carbocycles. The van der Waals surface area contributed by atoms with Crippen molar-refractivity contribution < 1.29 is 5.11 Å². The van der Waals surface area contributed by atoms with Gasteiger partial charge in [-0.3, -0.25) is 0 Å². The van der Waals surface area contributed by atoms with E-state index in [1.807, 2.05) is 0 Å². The summed E-state index contributed by atoms with van der Waals surface area (Å²) in [4.78, 5) is 0. The van der Waals surface area contributed by atoms with Gasteiger partial charge in [-0.25, -0.2) is 0 Å². The van der Waals surface area contributed by atoms with Gasteiger partial charge in [0.2, 0.25) is 0 Å². The molecule has 0 spiro atoms. The Kier molecular flexibility index (Phi) is 1.80. The van der Waals surface area contributed by atoms with E-state index >= 15 is 0 Å². The van der Waals surface area contributed by atoms with E-state index in [0.717, 1.165) is 12.8 Å². The minimum atomic E-state index is -0.368. The Morgan fingerprint density at radius 2 is 1.90 bits per heavy atom. The molecule has 60 valence electrons. The third-order valence-electron chi connectivity index (χ3n) is 3.24. The summed E-state index contributed by atoms with van der Waals surface area (Å²) in [5.74, 6) is 0.